The molecule has 0 aromatic rings. The van der Waals surface area contributed by atoms with E-state index < -0.39 is 0 Å². The lowest BCUT2D eigenvalue weighted by atomic mass is 9.82. The van der Waals surface area contributed by atoms with Crippen LogP contribution in [0, 0.1) is 17.3 Å². The molecule has 1 aliphatic heterocycles. The molecule has 0 spiro atoms. The Labute approximate surface area is 81.3 Å². The van der Waals surface area contributed by atoms with E-state index in [0.29, 0.717) is 17.2 Å². The van der Waals surface area contributed by atoms with Gasteiger partial charge in [-0.2, -0.15) is 0 Å². The first-order chi connectivity index (χ1) is 5.83. The number of amides is 1. The quantitative estimate of drug-likeness (QED) is 0.642. The number of likely N-dealkylation sites (tertiary alicyclic amines) is 1. The Morgan fingerprint density at radius 2 is 1.69 bits per heavy atom. The largest absolute Gasteiger partial charge is 0.341 e. The molecule has 2 heteroatoms. The van der Waals surface area contributed by atoms with Crippen LogP contribution in [0.15, 0.2) is 0 Å². The van der Waals surface area contributed by atoms with Crippen molar-refractivity contribution in [3.8, 4) is 0 Å². The molecule has 1 aliphatic rings. The Morgan fingerprint density at radius 1 is 1.23 bits per heavy atom. The van der Waals surface area contributed by atoms with Crippen LogP contribution in [0.2, 0.25) is 0 Å². The molecule has 0 radical (unpaired) electrons. The molecule has 0 bridgehead atoms. The summed E-state index contributed by atoms with van der Waals surface area (Å²) in [6.07, 6.45) is 0. The number of carbonyl (C=O) groups excluding carboxylic acids is 1. The molecule has 1 unspecified atom stereocenters. The average Bonchev–Trinajstić information content (AvgIpc) is 1.97. The molecule has 2 nitrogen and oxygen atoms in total. The first-order valence-electron chi connectivity index (χ1n) is 5.12. The molecular weight excluding hydrogens is 162 g/mol. The number of nitrogens with zero attached hydrogens (tertiary/aromatic N) is 1. The van der Waals surface area contributed by atoms with E-state index in [9.17, 15) is 4.79 Å². The molecule has 0 N–H and O–H groups in total. The Morgan fingerprint density at radius 3 is 2.00 bits per heavy atom. The van der Waals surface area contributed by atoms with E-state index in [-0.39, 0.29) is 5.92 Å². The highest BCUT2D eigenvalue weighted by molar-refractivity contribution is 5.79. The van der Waals surface area contributed by atoms with Gasteiger partial charge in [-0.1, -0.05) is 34.6 Å². The van der Waals surface area contributed by atoms with E-state index in [2.05, 4.69) is 27.7 Å². The summed E-state index contributed by atoms with van der Waals surface area (Å²) in [6, 6.07) is 0. The topological polar surface area (TPSA) is 20.3 Å². The van der Waals surface area contributed by atoms with E-state index in [1.54, 1.807) is 0 Å². The van der Waals surface area contributed by atoms with Gasteiger partial charge in [0, 0.05) is 19.0 Å². The second kappa shape index (κ2) is 3.32. The minimum absolute atomic E-state index is 0.177. The minimum atomic E-state index is 0.177. The number of carbonyl (C=O) groups is 1. The van der Waals surface area contributed by atoms with Gasteiger partial charge in [-0.3, -0.25) is 4.79 Å². The summed E-state index contributed by atoms with van der Waals surface area (Å²) < 4.78 is 0. The fourth-order valence-corrected chi connectivity index (χ4v) is 1.72. The Bertz CT molecular complexity index is 200. The predicted molar refractivity (Wildman–Crippen MR) is 54.4 cm³/mol. The molecule has 1 amide bonds. The maximum atomic E-state index is 11.8. The van der Waals surface area contributed by atoms with Crippen molar-refractivity contribution >= 4 is 5.91 Å². The van der Waals surface area contributed by atoms with Crippen molar-refractivity contribution in [1.29, 1.82) is 0 Å². The van der Waals surface area contributed by atoms with Crippen molar-refractivity contribution in [3.63, 3.8) is 0 Å². The van der Waals surface area contributed by atoms with Gasteiger partial charge < -0.3 is 4.90 Å². The van der Waals surface area contributed by atoms with E-state index in [1.165, 1.54) is 0 Å². The van der Waals surface area contributed by atoms with Gasteiger partial charge in [0.2, 0.25) is 5.91 Å². The van der Waals surface area contributed by atoms with Crippen molar-refractivity contribution in [1.82, 2.24) is 4.90 Å². The van der Waals surface area contributed by atoms with Crippen LogP contribution < -0.4 is 0 Å². The fraction of sp³-hybridized carbons (Fsp3) is 0.909. The van der Waals surface area contributed by atoms with Crippen LogP contribution in [0.1, 0.15) is 34.6 Å². The highest BCUT2D eigenvalue weighted by Gasteiger charge is 2.38. The van der Waals surface area contributed by atoms with Crippen LogP contribution in [-0.2, 0) is 4.79 Å². The second-order valence-corrected chi connectivity index (χ2v) is 5.39. The average molecular weight is 183 g/mol. The fourth-order valence-electron chi connectivity index (χ4n) is 1.72. The lowest BCUT2D eigenvalue weighted by Gasteiger charge is -2.47. The van der Waals surface area contributed by atoms with Crippen LogP contribution >= 0.6 is 0 Å². The maximum absolute atomic E-state index is 11.8. The molecule has 1 fully saturated rings. The smallest absolute Gasteiger partial charge is 0.225 e. The van der Waals surface area contributed by atoms with E-state index in [0.717, 1.165) is 13.1 Å². The van der Waals surface area contributed by atoms with Crippen LogP contribution in [0.5, 0.6) is 0 Å². The molecule has 13 heavy (non-hydrogen) atoms. The van der Waals surface area contributed by atoms with E-state index in [1.807, 2.05) is 11.8 Å². The molecular formula is C11H21NO. The van der Waals surface area contributed by atoms with Crippen molar-refractivity contribution in [3.05, 3.63) is 0 Å². The number of hydrogen-bond acceptors (Lipinski definition) is 1. The van der Waals surface area contributed by atoms with Gasteiger partial charge in [-0.05, 0) is 11.3 Å². The van der Waals surface area contributed by atoms with Gasteiger partial charge in [0.05, 0.1) is 0 Å². The van der Waals surface area contributed by atoms with Gasteiger partial charge in [0.25, 0.3) is 0 Å². The minimum Gasteiger partial charge on any atom is -0.341 e. The third kappa shape index (κ3) is 2.23. The number of hydrogen-bond donors (Lipinski definition) is 0. The van der Waals surface area contributed by atoms with Crippen molar-refractivity contribution < 1.29 is 4.79 Å². The molecule has 1 rings (SSSR count). The molecule has 0 aliphatic carbocycles. The van der Waals surface area contributed by atoms with Gasteiger partial charge >= 0.3 is 0 Å². The van der Waals surface area contributed by atoms with Gasteiger partial charge in [-0.25, -0.2) is 0 Å². The van der Waals surface area contributed by atoms with Gasteiger partial charge in [0.1, 0.15) is 0 Å². The SMILES string of the molecule is CC(C)C(C)C(=O)N1CC(C)(C)C1. The normalized spacial score (nSPS) is 22.8. The molecule has 76 valence electrons. The molecule has 0 saturated carbocycles. The predicted octanol–water partition coefficient (Wildman–Crippen LogP) is 2.15. The maximum Gasteiger partial charge on any atom is 0.225 e. The Balaban J connectivity index is 2.43. The molecule has 0 aromatic heterocycles. The van der Waals surface area contributed by atoms with Gasteiger partial charge in [0.15, 0.2) is 0 Å². The zero-order chi connectivity index (χ0) is 10.2. The third-order valence-electron chi connectivity index (χ3n) is 2.94. The molecule has 1 atom stereocenters. The number of rotatable bonds is 2. The molecule has 1 saturated heterocycles. The van der Waals surface area contributed by atoms with Crippen LogP contribution in [-0.4, -0.2) is 23.9 Å². The Kier molecular flexibility index (Phi) is 2.69. The Hall–Kier alpha value is -0.530. The highest BCUT2D eigenvalue weighted by atomic mass is 16.2. The van der Waals surface area contributed by atoms with Crippen LogP contribution in [0.25, 0.3) is 0 Å². The third-order valence-corrected chi connectivity index (χ3v) is 2.94. The summed E-state index contributed by atoms with van der Waals surface area (Å²) in [5.41, 5.74) is 0.354. The van der Waals surface area contributed by atoms with Crippen LogP contribution in [0.3, 0.4) is 0 Å². The second-order valence-electron chi connectivity index (χ2n) is 5.39. The van der Waals surface area contributed by atoms with Crippen molar-refractivity contribution in [2.24, 2.45) is 17.3 Å². The first kappa shape index (κ1) is 10.6. The summed E-state index contributed by atoms with van der Waals surface area (Å²) in [5, 5.41) is 0. The summed E-state index contributed by atoms with van der Waals surface area (Å²) in [6.45, 7) is 12.5. The first-order valence-corrected chi connectivity index (χ1v) is 5.12. The zero-order valence-corrected chi connectivity index (χ0v) is 9.42. The van der Waals surface area contributed by atoms with E-state index >= 15 is 0 Å². The lowest BCUT2D eigenvalue weighted by molar-refractivity contribution is -0.146. The molecule has 1 heterocycles. The summed E-state index contributed by atoms with van der Waals surface area (Å²) in [4.78, 5) is 13.8. The van der Waals surface area contributed by atoms with Crippen molar-refractivity contribution in [2.75, 3.05) is 13.1 Å². The standard InChI is InChI=1S/C11H21NO/c1-8(2)9(3)10(13)12-6-11(4,5)7-12/h8-9H,6-7H2,1-5H3. The van der Waals surface area contributed by atoms with Gasteiger partial charge in [-0.15, -0.1) is 0 Å². The summed E-state index contributed by atoms with van der Waals surface area (Å²) in [5.74, 6) is 0.960. The lowest BCUT2D eigenvalue weighted by Crippen LogP contribution is -2.57. The van der Waals surface area contributed by atoms with Crippen LogP contribution in [0.4, 0.5) is 0 Å². The monoisotopic (exact) mass is 183 g/mol. The molecule has 0 aromatic carbocycles. The zero-order valence-electron chi connectivity index (χ0n) is 9.42. The summed E-state index contributed by atoms with van der Waals surface area (Å²) >= 11 is 0. The summed E-state index contributed by atoms with van der Waals surface area (Å²) in [7, 11) is 0. The highest BCUT2D eigenvalue weighted by Crippen LogP contribution is 2.30. The van der Waals surface area contributed by atoms with Crippen molar-refractivity contribution in [2.45, 2.75) is 34.6 Å². The van der Waals surface area contributed by atoms with E-state index in [4.69, 9.17) is 0 Å².